The number of sulfonamides is 1. The molecule has 0 bridgehead atoms. The minimum Gasteiger partial charge on any atom is -0.369 e. The quantitative estimate of drug-likeness (QED) is 0.732. The summed E-state index contributed by atoms with van der Waals surface area (Å²) >= 11 is 0.944. The second kappa shape index (κ2) is 7.38. The monoisotopic (exact) mass is 448 g/mol. The predicted molar refractivity (Wildman–Crippen MR) is 113 cm³/mol. The summed E-state index contributed by atoms with van der Waals surface area (Å²) in [6, 6.07) is 3.00. The van der Waals surface area contributed by atoms with Gasteiger partial charge in [0.15, 0.2) is 5.54 Å². The first-order valence-electron chi connectivity index (χ1n) is 8.64. The zero-order valence-corrected chi connectivity index (χ0v) is 18.0. The first-order valence-corrected chi connectivity index (χ1v) is 11.1. The van der Waals surface area contributed by atoms with E-state index in [1.807, 2.05) is 0 Å². The van der Waals surface area contributed by atoms with Crippen molar-refractivity contribution in [3.05, 3.63) is 40.5 Å². The number of rotatable bonds is 3. The molecule has 0 amide bonds. The van der Waals surface area contributed by atoms with Gasteiger partial charge in [0.05, 0.1) is 4.88 Å². The molecule has 3 heterocycles. The first kappa shape index (κ1) is 21.8. The molecule has 1 aliphatic rings. The SMILES string of the molecule is C#C[C@@]1(c2sc(-c3cncc(C#CC)c3)cc2C(C)(F)F)CS(=O)(=O)N(C)C(N)=N1. The average molecular weight is 449 g/mol. The van der Waals surface area contributed by atoms with Crippen molar-refractivity contribution in [2.45, 2.75) is 25.3 Å². The number of thiophene rings is 1. The molecule has 0 aliphatic carbocycles. The van der Waals surface area contributed by atoms with Crippen LogP contribution in [0.3, 0.4) is 0 Å². The van der Waals surface area contributed by atoms with Gasteiger partial charge in [0.1, 0.15) is 5.75 Å². The fourth-order valence-corrected chi connectivity index (χ4v) is 5.76. The molecule has 1 aliphatic heterocycles. The highest BCUT2D eigenvalue weighted by molar-refractivity contribution is 7.89. The highest BCUT2D eigenvalue weighted by Crippen LogP contribution is 2.46. The molecule has 0 saturated heterocycles. The molecule has 0 radical (unpaired) electrons. The van der Waals surface area contributed by atoms with E-state index < -0.39 is 32.8 Å². The van der Waals surface area contributed by atoms with Crippen LogP contribution < -0.4 is 5.73 Å². The van der Waals surface area contributed by atoms with E-state index in [-0.39, 0.29) is 10.8 Å². The number of pyridine rings is 1. The van der Waals surface area contributed by atoms with Gasteiger partial charge in [-0.3, -0.25) is 4.98 Å². The van der Waals surface area contributed by atoms with E-state index in [0.29, 0.717) is 16.0 Å². The van der Waals surface area contributed by atoms with Gasteiger partial charge in [0.25, 0.3) is 5.92 Å². The smallest absolute Gasteiger partial charge is 0.271 e. The van der Waals surface area contributed by atoms with Gasteiger partial charge in [-0.25, -0.2) is 26.5 Å². The summed E-state index contributed by atoms with van der Waals surface area (Å²) in [6.45, 7) is 2.39. The number of terminal acetylenes is 1. The summed E-state index contributed by atoms with van der Waals surface area (Å²) in [4.78, 5) is 8.65. The molecular weight excluding hydrogens is 430 g/mol. The molecule has 2 aromatic heterocycles. The van der Waals surface area contributed by atoms with Gasteiger partial charge < -0.3 is 5.73 Å². The molecule has 0 aromatic carbocycles. The molecule has 0 unspecified atom stereocenters. The lowest BCUT2D eigenvalue weighted by Crippen LogP contribution is -2.51. The molecular formula is C20H18F2N4O2S2. The largest absolute Gasteiger partial charge is 0.369 e. The number of hydrogen-bond acceptors (Lipinski definition) is 6. The van der Waals surface area contributed by atoms with Gasteiger partial charge >= 0.3 is 0 Å². The Kier molecular flexibility index (Phi) is 5.35. The molecule has 1 atom stereocenters. The van der Waals surface area contributed by atoms with Gasteiger partial charge in [-0.1, -0.05) is 11.8 Å². The van der Waals surface area contributed by atoms with Crippen molar-refractivity contribution in [1.82, 2.24) is 9.29 Å². The molecule has 3 rings (SSSR count). The Labute approximate surface area is 177 Å². The summed E-state index contributed by atoms with van der Waals surface area (Å²) in [5.41, 5.74) is 4.68. The van der Waals surface area contributed by atoms with Crippen LogP contribution in [0.2, 0.25) is 0 Å². The Balaban J connectivity index is 2.28. The van der Waals surface area contributed by atoms with Crippen LogP contribution in [0.15, 0.2) is 29.5 Å². The fourth-order valence-electron chi connectivity index (χ4n) is 3.01. The van der Waals surface area contributed by atoms with E-state index >= 15 is 0 Å². The third kappa shape index (κ3) is 3.76. The Hall–Kier alpha value is -2.95. The molecule has 10 heteroatoms. The average Bonchev–Trinajstić information content (AvgIpc) is 3.13. The summed E-state index contributed by atoms with van der Waals surface area (Å²) in [5.74, 6) is 3.61. The van der Waals surface area contributed by atoms with Crippen LogP contribution in [0.1, 0.15) is 29.9 Å². The topological polar surface area (TPSA) is 88.7 Å². The van der Waals surface area contributed by atoms with Crippen molar-refractivity contribution in [3.8, 4) is 34.6 Å². The number of guanidine groups is 1. The molecule has 0 saturated carbocycles. The van der Waals surface area contributed by atoms with Crippen molar-refractivity contribution in [2.24, 2.45) is 10.7 Å². The molecule has 0 fully saturated rings. The van der Waals surface area contributed by atoms with E-state index in [9.17, 15) is 17.2 Å². The number of aromatic nitrogens is 1. The van der Waals surface area contributed by atoms with Crippen molar-refractivity contribution >= 4 is 27.3 Å². The van der Waals surface area contributed by atoms with Gasteiger partial charge in [0.2, 0.25) is 16.0 Å². The van der Waals surface area contributed by atoms with Crippen LogP contribution in [-0.2, 0) is 21.5 Å². The lowest BCUT2D eigenvalue weighted by molar-refractivity contribution is 0.0165. The van der Waals surface area contributed by atoms with Crippen molar-refractivity contribution in [2.75, 3.05) is 12.8 Å². The zero-order chi connectivity index (χ0) is 22.3. The van der Waals surface area contributed by atoms with Crippen LogP contribution in [0, 0.1) is 24.2 Å². The van der Waals surface area contributed by atoms with Crippen LogP contribution in [0.5, 0.6) is 0 Å². The number of alkyl halides is 2. The maximum Gasteiger partial charge on any atom is 0.271 e. The Morgan fingerprint density at radius 1 is 1.37 bits per heavy atom. The number of aliphatic imine (C=N–C) groups is 1. The van der Waals surface area contributed by atoms with Crippen molar-refractivity contribution in [1.29, 1.82) is 0 Å². The maximum absolute atomic E-state index is 14.5. The van der Waals surface area contributed by atoms with Gasteiger partial charge in [-0.05, 0) is 19.1 Å². The summed E-state index contributed by atoms with van der Waals surface area (Å²) in [5, 5.41) is 0. The van der Waals surface area contributed by atoms with Crippen LogP contribution >= 0.6 is 11.3 Å². The molecule has 6 nitrogen and oxygen atoms in total. The molecule has 30 heavy (non-hydrogen) atoms. The third-order valence-corrected chi connectivity index (χ3v) is 7.69. The molecule has 2 aromatic rings. The molecule has 2 N–H and O–H groups in total. The van der Waals surface area contributed by atoms with Gasteiger partial charge in [-0.2, -0.15) is 0 Å². The lowest BCUT2D eigenvalue weighted by atomic mass is 9.95. The lowest BCUT2D eigenvalue weighted by Gasteiger charge is -2.33. The summed E-state index contributed by atoms with van der Waals surface area (Å²) in [7, 11) is -2.71. The molecule has 0 spiro atoms. The predicted octanol–water partition coefficient (Wildman–Crippen LogP) is 2.71. The number of hydrogen-bond donors (Lipinski definition) is 1. The van der Waals surface area contributed by atoms with Crippen LogP contribution in [0.4, 0.5) is 8.78 Å². The third-order valence-electron chi connectivity index (χ3n) is 4.55. The van der Waals surface area contributed by atoms with Crippen molar-refractivity contribution < 1.29 is 17.2 Å². The summed E-state index contributed by atoms with van der Waals surface area (Å²) in [6.07, 6.45) is 8.73. The second-order valence-electron chi connectivity index (χ2n) is 6.78. The zero-order valence-electron chi connectivity index (χ0n) is 16.4. The van der Waals surface area contributed by atoms with E-state index in [1.165, 1.54) is 19.3 Å². The van der Waals surface area contributed by atoms with Crippen LogP contribution in [0.25, 0.3) is 10.4 Å². The maximum atomic E-state index is 14.5. The van der Waals surface area contributed by atoms with E-state index in [4.69, 9.17) is 12.2 Å². The second-order valence-corrected chi connectivity index (χ2v) is 9.83. The molecule has 156 valence electrons. The number of halogens is 2. The van der Waals surface area contributed by atoms with E-state index in [0.717, 1.165) is 22.6 Å². The normalized spacial score (nSPS) is 20.7. The van der Waals surface area contributed by atoms with Crippen molar-refractivity contribution in [3.63, 3.8) is 0 Å². The highest BCUT2D eigenvalue weighted by Gasteiger charge is 2.47. The minimum atomic E-state index is -3.94. The number of nitrogens with zero attached hydrogens (tertiary/aromatic N) is 3. The van der Waals surface area contributed by atoms with Gasteiger partial charge in [0, 0.05) is 47.9 Å². The summed E-state index contributed by atoms with van der Waals surface area (Å²) < 4.78 is 55.0. The first-order chi connectivity index (χ1) is 13.9. The fraction of sp³-hybridized carbons (Fsp3) is 0.300. The standard InChI is InChI=1S/C20H18F2N4O2S2/c1-5-7-13-8-14(11-24-10-13)16-9-15(19(3,21)22)17(29-16)20(6-2)12-30(27,28)26(4)18(23)25-20/h2,8-11H,12H2,1,3-4H3,(H2,23,25)/t20-/m0/s1. The van der Waals surface area contributed by atoms with E-state index in [1.54, 1.807) is 19.2 Å². The van der Waals surface area contributed by atoms with Gasteiger partial charge in [-0.15, -0.1) is 23.7 Å². The highest BCUT2D eigenvalue weighted by atomic mass is 32.2. The van der Waals surface area contributed by atoms with E-state index in [2.05, 4.69) is 27.7 Å². The Bertz CT molecular complexity index is 1240. The Morgan fingerprint density at radius 3 is 2.63 bits per heavy atom. The number of nitrogens with two attached hydrogens (primary N) is 1. The van der Waals surface area contributed by atoms with Crippen LogP contribution in [-0.4, -0.2) is 36.5 Å². The Morgan fingerprint density at radius 2 is 2.07 bits per heavy atom. The minimum absolute atomic E-state index is 0.0425.